The molecule has 0 bridgehead atoms. The molecule has 5 nitrogen and oxygen atoms in total. The summed E-state index contributed by atoms with van der Waals surface area (Å²) in [7, 11) is 5.72. The average Bonchev–Trinajstić information content (AvgIpc) is 2.54. The molecular formula is C13H25N3O2. The van der Waals surface area contributed by atoms with Crippen LogP contribution in [-0.4, -0.2) is 72.8 Å². The highest BCUT2D eigenvalue weighted by Crippen LogP contribution is 2.39. The Bertz CT molecular complexity index is 324. The van der Waals surface area contributed by atoms with Gasteiger partial charge in [0, 0.05) is 33.2 Å². The van der Waals surface area contributed by atoms with Gasteiger partial charge in [-0.25, -0.2) is 4.79 Å². The van der Waals surface area contributed by atoms with Crippen LogP contribution in [0.1, 0.15) is 26.7 Å². The Morgan fingerprint density at radius 1 is 1.28 bits per heavy atom. The first-order chi connectivity index (χ1) is 8.37. The second kappa shape index (κ2) is 4.70. The number of nitrogens with zero attached hydrogens (tertiary/aromatic N) is 3. The number of ether oxygens (including phenoxy) is 1. The third-order valence-corrected chi connectivity index (χ3v) is 4.61. The zero-order valence-corrected chi connectivity index (χ0v) is 12.1. The lowest BCUT2D eigenvalue weighted by Crippen LogP contribution is -2.53. The number of carbonyl (C=O) groups excluding carboxylic acids is 1. The number of likely N-dealkylation sites (tertiary alicyclic amines) is 1. The summed E-state index contributed by atoms with van der Waals surface area (Å²) in [6.07, 6.45) is 2.04. The molecule has 5 heteroatoms. The molecule has 0 saturated carbocycles. The lowest BCUT2D eigenvalue weighted by atomic mass is 9.85. The molecule has 2 aliphatic heterocycles. The molecule has 2 fully saturated rings. The van der Waals surface area contributed by atoms with E-state index in [0.717, 1.165) is 25.9 Å². The Morgan fingerprint density at radius 3 is 2.22 bits per heavy atom. The third-order valence-electron chi connectivity index (χ3n) is 4.61. The molecule has 0 aromatic heterocycles. The van der Waals surface area contributed by atoms with Gasteiger partial charge in [-0.3, -0.25) is 4.90 Å². The van der Waals surface area contributed by atoms with Crippen LogP contribution in [-0.2, 0) is 4.74 Å². The second-order valence-electron chi connectivity index (χ2n) is 5.79. The van der Waals surface area contributed by atoms with Crippen LogP contribution >= 0.6 is 0 Å². The minimum Gasteiger partial charge on any atom is -0.355 e. The van der Waals surface area contributed by atoms with Crippen molar-refractivity contribution in [3.63, 3.8) is 0 Å². The molecule has 1 spiro atoms. The number of likely N-dealkylation sites (N-methyl/N-ethyl adjacent to an activating group) is 1. The number of piperidine rings is 1. The van der Waals surface area contributed by atoms with Crippen LogP contribution in [0.3, 0.4) is 0 Å². The van der Waals surface area contributed by atoms with Crippen molar-refractivity contribution in [2.45, 2.75) is 44.6 Å². The Hall–Kier alpha value is -0.810. The smallest absolute Gasteiger partial charge is 0.319 e. The fourth-order valence-electron chi connectivity index (χ4n) is 3.10. The Kier molecular flexibility index (Phi) is 3.56. The van der Waals surface area contributed by atoms with Crippen LogP contribution in [0.4, 0.5) is 4.79 Å². The van der Waals surface area contributed by atoms with Crippen LogP contribution in [0, 0.1) is 0 Å². The van der Waals surface area contributed by atoms with Gasteiger partial charge in [0.1, 0.15) is 6.23 Å². The summed E-state index contributed by atoms with van der Waals surface area (Å²) in [5.74, 6) is 0. The number of rotatable bonds is 0. The first-order valence-corrected chi connectivity index (χ1v) is 6.73. The molecule has 0 N–H and O–H groups in total. The van der Waals surface area contributed by atoms with Crippen LogP contribution in [0.25, 0.3) is 0 Å². The van der Waals surface area contributed by atoms with Gasteiger partial charge in [-0.15, -0.1) is 0 Å². The molecule has 2 rings (SSSR count). The van der Waals surface area contributed by atoms with E-state index in [1.165, 1.54) is 0 Å². The summed E-state index contributed by atoms with van der Waals surface area (Å²) in [6, 6.07) is 0.529. The van der Waals surface area contributed by atoms with Gasteiger partial charge in [0.2, 0.25) is 0 Å². The highest BCUT2D eigenvalue weighted by molar-refractivity contribution is 5.73. The lowest BCUT2D eigenvalue weighted by Gasteiger charge is -2.41. The maximum Gasteiger partial charge on any atom is 0.319 e. The van der Waals surface area contributed by atoms with E-state index in [4.69, 9.17) is 4.74 Å². The van der Waals surface area contributed by atoms with E-state index in [1.807, 2.05) is 4.90 Å². The van der Waals surface area contributed by atoms with Crippen molar-refractivity contribution in [3.05, 3.63) is 0 Å². The zero-order valence-electron chi connectivity index (χ0n) is 12.1. The fourth-order valence-corrected chi connectivity index (χ4v) is 3.10. The largest absolute Gasteiger partial charge is 0.355 e. The first kappa shape index (κ1) is 13.6. The van der Waals surface area contributed by atoms with Crippen molar-refractivity contribution in [3.8, 4) is 0 Å². The third kappa shape index (κ3) is 2.10. The molecule has 0 radical (unpaired) electrons. The number of hydrogen-bond acceptors (Lipinski definition) is 3. The molecule has 2 amide bonds. The molecule has 104 valence electrons. The van der Waals surface area contributed by atoms with Gasteiger partial charge >= 0.3 is 6.03 Å². The monoisotopic (exact) mass is 255 g/mol. The van der Waals surface area contributed by atoms with Crippen LogP contribution in [0.15, 0.2) is 0 Å². The summed E-state index contributed by atoms with van der Waals surface area (Å²) in [5.41, 5.74) is -0.0583. The first-order valence-electron chi connectivity index (χ1n) is 6.73. The minimum atomic E-state index is -0.0583. The standard InChI is InChI=1S/C13H25N3O2/c1-10-13(18-11(2)15(10)5)6-8-16(9-7-13)12(17)14(3)4/h10-11H,6-9H2,1-5H3. The molecule has 2 heterocycles. The molecule has 2 atom stereocenters. The molecular weight excluding hydrogens is 230 g/mol. The van der Waals surface area contributed by atoms with E-state index >= 15 is 0 Å². The SMILES string of the molecule is CC1OC2(CCN(C(=O)N(C)C)CC2)C(C)N1C. The fraction of sp³-hybridized carbons (Fsp3) is 0.923. The summed E-state index contributed by atoms with van der Waals surface area (Å²) < 4.78 is 6.18. The van der Waals surface area contributed by atoms with Gasteiger partial charge in [0.25, 0.3) is 0 Å². The highest BCUT2D eigenvalue weighted by Gasteiger charge is 2.50. The quantitative estimate of drug-likeness (QED) is 0.652. The lowest BCUT2D eigenvalue weighted by molar-refractivity contribution is -0.0767. The molecule has 2 aliphatic rings. The number of amides is 2. The number of urea groups is 1. The molecule has 18 heavy (non-hydrogen) atoms. The maximum absolute atomic E-state index is 11.9. The number of hydrogen-bond donors (Lipinski definition) is 0. The van der Waals surface area contributed by atoms with Gasteiger partial charge < -0.3 is 14.5 Å². The van der Waals surface area contributed by atoms with E-state index in [0.29, 0.717) is 6.04 Å². The van der Waals surface area contributed by atoms with Gasteiger partial charge in [0.05, 0.1) is 5.60 Å². The van der Waals surface area contributed by atoms with Gasteiger partial charge in [-0.05, 0) is 33.7 Å². The van der Waals surface area contributed by atoms with Crippen molar-refractivity contribution in [2.24, 2.45) is 0 Å². The van der Waals surface area contributed by atoms with E-state index < -0.39 is 0 Å². The van der Waals surface area contributed by atoms with Crippen LogP contribution < -0.4 is 0 Å². The summed E-state index contributed by atoms with van der Waals surface area (Å²) >= 11 is 0. The van der Waals surface area contributed by atoms with Crippen molar-refractivity contribution < 1.29 is 9.53 Å². The Labute approximate surface area is 110 Å². The zero-order chi connectivity index (χ0) is 13.5. The molecule has 0 aromatic carbocycles. The molecule has 0 aromatic rings. The van der Waals surface area contributed by atoms with Crippen molar-refractivity contribution in [1.29, 1.82) is 0 Å². The Morgan fingerprint density at radius 2 is 1.83 bits per heavy atom. The average molecular weight is 255 g/mol. The second-order valence-corrected chi connectivity index (χ2v) is 5.79. The van der Waals surface area contributed by atoms with Gasteiger partial charge in [-0.1, -0.05) is 0 Å². The predicted octanol–water partition coefficient (Wildman–Crippen LogP) is 1.20. The minimum absolute atomic E-state index is 0.0583. The van der Waals surface area contributed by atoms with Crippen LogP contribution in [0.2, 0.25) is 0 Å². The summed E-state index contributed by atoms with van der Waals surface area (Å²) in [4.78, 5) is 17.8. The normalized spacial score (nSPS) is 31.9. The maximum atomic E-state index is 11.9. The Balaban J connectivity index is 2.00. The van der Waals surface area contributed by atoms with Crippen molar-refractivity contribution in [1.82, 2.24) is 14.7 Å². The molecule has 2 saturated heterocycles. The van der Waals surface area contributed by atoms with E-state index in [9.17, 15) is 4.79 Å². The van der Waals surface area contributed by atoms with Crippen molar-refractivity contribution >= 4 is 6.03 Å². The van der Waals surface area contributed by atoms with Crippen molar-refractivity contribution in [2.75, 3.05) is 34.2 Å². The van der Waals surface area contributed by atoms with E-state index in [-0.39, 0.29) is 17.9 Å². The van der Waals surface area contributed by atoms with E-state index in [1.54, 1.807) is 19.0 Å². The summed E-state index contributed by atoms with van der Waals surface area (Å²) in [5, 5.41) is 0. The summed E-state index contributed by atoms with van der Waals surface area (Å²) in [6.45, 7) is 5.92. The van der Waals surface area contributed by atoms with Gasteiger partial charge in [-0.2, -0.15) is 0 Å². The topological polar surface area (TPSA) is 36.0 Å². The van der Waals surface area contributed by atoms with E-state index in [2.05, 4.69) is 25.8 Å². The number of carbonyl (C=O) groups is 1. The molecule has 0 aliphatic carbocycles. The molecule has 2 unspecified atom stereocenters. The predicted molar refractivity (Wildman–Crippen MR) is 70.4 cm³/mol. The highest BCUT2D eigenvalue weighted by atomic mass is 16.5. The van der Waals surface area contributed by atoms with Crippen LogP contribution in [0.5, 0.6) is 0 Å². The van der Waals surface area contributed by atoms with Gasteiger partial charge in [0.15, 0.2) is 0 Å².